The first kappa shape index (κ1) is 14.2. The second kappa shape index (κ2) is 7.38. The van der Waals surface area contributed by atoms with Crippen LogP contribution in [0.4, 0.5) is 10.1 Å². The van der Waals surface area contributed by atoms with Crippen molar-refractivity contribution >= 4 is 5.69 Å². The molecule has 0 aromatic heterocycles. The number of nitrogens with one attached hydrogen (secondary N) is 1. The Bertz CT molecular complexity index is 528. The Morgan fingerprint density at radius 1 is 0.950 bits per heavy atom. The molecule has 4 heteroatoms. The van der Waals surface area contributed by atoms with Crippen LogP contribution in [0.3, 0.4) is 0 Å². The molecule has 2 aromatic rings. The number of halogens is 1. The molecule has 0 amide bonds. The molecular formula is C16H18FNO2. The fraction of sp³-hybridized carbons (Fsp3) is 0.250. The maximum absolute atomic E-state index is 12.7. The van der Waals surface area contributed by atoms with Crippen molar-refractivity contribution in [2.45, 2.75) is 6.92 Å². The van der Waals surface area contributed by atoms with Crippen molar-refractivity contribution in [2.24, 2.45) is 0 Å². The Hall–Kier alpha value is -2.23. The summed E-state index contributed by atoms with van der Waals surface area (Å²) in [5.41, 5.74) is 0.869. The van der Waals surface area contributed by atoms with Crippen LogP contribution in [0.15, 0.2) is 48.5 Å². The van der Waals surface area contributed by atoms with Crippen molar-refractivity contribution in [1.82, 2.24) is 0 Å². The third-order valence-electron chi connectivity index (χ3n) is 2.68. The van der Waals surface area contributed by atoms with Crippen molar-refractivity contribution in [3.63, 3.8) is 0 Å². The first-order valence-corrected chi connectivity index (χ1v) is 6.63. The Balaban J connectivity index is 1.79. The van der Waals surface area contributed by atoms with E-state index < -0.39 is 0 Å². The van der Waals surface area contributed by atoms with Gasteiger partial charge in [0.05, 0.1) is 6.61 Å². The van der Waals surface area contributed by atoms with Gasteiger partial charge in [-0.1, -0.05) is 12.1 Å². The van der Waals surface area contributed by atoms with Crippen molar-refractivity contribution in [1.29, 1.82) is 0 Å². The minimum atomic E-state index is -0.238. The molecule has 0 heterocycles. The predicted molar refractivity (Wildman–Crippen MR) is 78.0 cm³/mol. The molecule has 0 saturated heterocycles. The topological polar surface area (TPSA) is 30.5 Å². The number of anilines is 1. The predicted octanol–water partition coefficient (Wildman–Crippen LogP) is 3.72. The van der Waals surface area contributed by atoms with Crippen molar-refractivity contribution in [2.75, 3.05) is 25.1 Å². The van der Waals surface area contributed by atoms with E-state index in [9.17, 15) is 4.39 Å². The average Bonchev–Trinajstić information content (AvgIpc) is 2.47. The lowest BCUT2D eigenvalue weighted by molar-refractivity contribution is 0.284. The zero-order valence-electron chi connectivity index (χ0n) is 11.4. The minimum Gasteiger partial charge on any atom is -0.490 e. The summed E-state index contributed by atoms with van der Waals surface area (Å²) >= 11 is 0. The lowest BCUT2D eigenvalue weighted by Crippen LogP contribution is -2.12. The van der Waals surface area contributed by atoms with Crippen LogP contribution in [0.25, 0.3) is 0 Å². The van der Waals surface area contributed by atoms with Crippen molar-refractivity contribution in [3.05, 3.63) is 54.3 Å². The van der Waals surface area contributed by atoms with E-state index in [4.69, 9.17) is 9.47 Å². The van der Waals surface area contributed by atoms with E-state index in [1.54, 1.807) is 12.1 Å². The van der Waals surface area contributed by atoms with Crippen LogP contribution in [0.1, 0.15) is 6.92 Å². The van der Waals surface area contributed by atoms with Crippen LogP contribution < -0.4 is 14.8 Å². The van der Waals surface area contributed by atoms with E-state index in [1.165, 1.54) is 12.1 Å². The molecule has 2 aromatic carbocycles. The Kier molecular flexibility index (Phi) is 5.24. The molecule has 0 atom stereocenters. The van der Waals surface area contributed by atoms with Gasteiger partial charge in [-0.2, -0.15) is 0 Å². The molecule has 0 bridgehead atoms. The van der Waals surface area contributed by atoms with Crippen LogP contribution in [-0.4, -0.2) is 19.8 Å². The van der Waals surface area contributed by atoms with Crippen molar-refractivity contribution in [3.8, 4) is 11.5 Å². The molecule has 1 N–H and O–H groups in total. The fourth-order valence-electron chi connectivity index (χ4n) is 1.77. The van der Waals surface area contributed by atoms with Crippen LogP contribution >= 0.6 is 0 Å². The standard InChI is InChI=1S/C16H18FNO2/c1-2-19-15-5-3-4-6-16(15)20-12-11-18-14-9-7-13(17)8-10-14/h3-10,18H,2,11-12H2,1H3. The largest absolute Gasteiger partial charge is 0.490 e. The van der Waals surface area contributed by atoms with E-state index in [2.05, 4.69) is 5.32 Å². The number of benzene rings is 2. The lowest BCUT2D eigenvalue weighted by atomic mass is 10.3. The van der Waals surface area contributed by atoms with E-state index in [1.807, 2.05) is 31.2 Å². The molecular weight excluding hydrogens is 257 g/mol. The monoisotopic (exact) mass is 275 g/mol. The lowest BCUT2D eigenvalue weighted by Gasteiger charge is -2.12. The first-order chi connectivity index (χ1) is 9.79. The number of para-hydroxylation sites is 2. The number of ether oxygens (including phenoxy) is 2. The van der Waals surface area contributed by atoms with Crippen LogP contribution in [0, 0.1) is 5.82 Å². The third-order valence-corrected chi connectivity index (χ3v) is 2.68. The van der Waals surface area contributed by atoms with Gasteiger partial charge in [-0.25, -0.2) is 4.39 Å². The van der Waals surface area contributed by atoms with Gasteiger partial charge in [0.15, 0.2) is 11.5 Å². The van der Waals surface area contributed by atoms with Gasteiger partial charge in [-0.05, 0) is 43.3 Å². The van der Waals surface area contributed by atoms with E-state index in [0.29, 0.717) is 19.8 Å². The van der Waals surface area contributed by atoms with Gasteiger partial charge in [0, 0.05) is 12.2 Å². The maximum Gasteiger partial charge on any atom is 0.161 e. The summed E-state index contributed by atoms with van der Waals surface area (Å²) in [5.74, 6) is 1.24. The molecule has 0 aliphatic carbocycles. The Morgan fingerprint density at radius 2 is 1.60 bits per heavy atom. The second-order valence-electron chi connectivity index (χ2n) is 4.16. The number of hydrogen-bond acceptors (Lipinski definition) is 3. The van der Waals surface area contributed by atoms with Crippen LogP contribution in [0.5, 0.6) is 11.5 Å². The zero-order valence-corrected chi connectivity index (χ0v) is 11.4. The van der Waals surface area contributed by atoms with Gasteiger partial charge in [-0.15, -0.1) is 0 Å². The van der Waals surface area contributed by atoms with Gasteiger partial charge in [0.2, 0.25) is 0 Å². The molecule has 0 aliphatic heterocycles. The van der Waals surface area contributed by atoms with E-state index in [0.717, 1.165) is 17.2 Å². The molecule has 0 spiro atoms. The Morgan fingerprint density at radius 3 is 2.25 bits per heavy atom. The summed E-state index contributed by atoms with van der Waals surface area (Å²) in [6, 6.07) is 13.8. The van der Waals surface area contributed by atoms with Gasteiger partial charge >= 0.3 is 0 Å². The number of rotatable bonds is 7. The van der Waals surface area contributed by atoms with E-state index in [-0.39, 0.29) is 5.82 Å². The normalized spacial score (nSPS) is 10.1. The van der Waals surface area contributed by atoms with Gasteiger partial charge < -0.3 is 14.8 Å². The summed E-state index contributed by atoms with van der Waals surface area (Å²) in [4.78, 5) is 0. The summed E-state index contributed by atoms with van der Waals surface area (Å²) < 4.78 is 23.9. The fourth-order valence-corrected chi connectivity index (χ4v) is 1.77. The SMILES string of the molecule is CCOc1ccccc1OCCNc1ccc(F)cc1. The van der Waals surface area contributed by atoms with Crippen LogP contribution in [0.2, 0.25) is 0 Å². The average molecular weight is 275 g/mol. The van der Waals surface area contributed by atoms with Gasteiger partial charge in [0.25, 0.3) is 0 Å². The number of hydrogen-bond donors (Lipinski definition) is 1. The summed E-state index contributed by atoms with van der Waals surface area (Å²) in [7, 11) is 0. The smallest absolute Gasteiger partial charge is 0.161 e. The molecule has 0 aliphatic rings. The van der Waals surface area contributed by atoms with E-state index >= 15 is 0 Å². The second-order valence-corrected chi connectivity index (χ2v) is 4.16. The molecule has 106 valence electrons. The molecule has 0 fully saturated rings. The summed E-state index contributed by atoms with van der Waals surface area (Å²) in [6.07, 6.45) is 0. The zero-order chi connectivity index (χ0) is 14.2. The third kappa shape index (κ3) is 4.16. The molecule has 0 saturated carbocycles. The summed E-state index contributed by atoms with van der Waals surface area (Å²) in [5, 5.41) is 3.16. The molecule has 3 nitrogen and oxygen atoms in total. The first-order valence-electron chi connectivity index (χ1n) is 6.63. The molecule has 0 radical (unpaired) electrons. The summed E-state index contributed by atoms with van der Waals surface area (Å²) in [6.45, 7) is 3.68. The molecule has 20 heavy (non-hydrogen) atoms. The van der Waals surface area contributed by atoms with Gasteiger partial charge in [0.1, 0.15) is 12.4 Å². The highest BCUT2D eigenvalue weighted by Gasteiger charge is 2.02. The van der Waals surface area contributed by atoms with Crippen molar-refractivity contribution < 1.29 is 13.9 Å². The Labute approximate surface area is 118 Å². The van der Waals surface area contributed by atoms with Crippen LogP contribution in [-0.2, 0) is 0 Å². The minimum absolute atomic E-state index is 0.238. The van der Waals surface area contributed by atoms with Gasteiger partial charge in [-0.3, -0.25) is 0 Å². The molecule has 2 rings (SSSR count). The quantitative estimate of drug-likeness (QED) is 0.781. The highest BCUT2D eigenvalue weighted by atomic mass is 19.1. The highest BCUT2D eigenvalue weighted by molar-refractivity contribution is 5.43. The molecule has 0 unspecified atom stereocenters. The highest BCUT2D eigenvalue weighted by Crippen LogP contribution is 2.26. The maximum atomic E-state index is 12.7.